The molecule has 0 saturated carbocycles. The Kier molecular flexibility index (Phi) is 6.11. The van der Waals surface area contributed by atoms with Crippen LogP contribution in [0.4, 0.5) is 4.79 Å². The van der Waals surface area contributed by atoms with Gasteiger partial charge >= 0.3 is 6.03 Å². The Labute approximate surface area is 179 Å². The molecule has 160 valence electrons. The van der Waals surface area contributed by atoms with Crippen molar-refractivity contribution in [1.82, 2.24) is 14.9 Å². The summed E-state index contributed by atoms with van der Waals surface area (Å²) in [5, 5.41) is 2.71. The average molecular weight is 450 g/mol. The number of aryl methyl sites for hydroxylation is 1. The number of rotatable bonds is 8. The van der Waals surface area contributed by atoms with E-state index in [2.05, 4.69) is 10.0 Å². The number of nitrogens with zero attached hydrogens (tertiary/aromatic N) is 1. The minimum Gasteiger partial charge on any atom is -0.319 e. The molecule has 1 unspecified atom stereocenters. The highest BCUT2D eigenvalue weighted by molar-refractivity contribution is 7.88. The Morgan fingerprint density at radius 3 is 2.57 bits per heavy atom. The normalized spacial score (nSPS) is 19.2. The standard InChI is InChI=1S/C20H23N3O5S2/c1-13-6-4-5-7-15(13)20(2)18(25)23(19(26)22-20)12-16(24)17-9-8-14(29-17)10-11-21-30(3,27)28/h4-9,21H,10-12H2,1-3H3,(H,22,26). The van der Waals surface area contributed by atoms with E-state index in [0.717, 1.165) is 21.6 Å². The Morgan fingerprint density at radius 2 is 1.90 bits per heavy atom. The highest BCUT2D eigenvalue weighted by atomic mass is 32.2. The van der Waals surface area contributed by atoms with Gasteiger partial charge in [-0.1, -0.05) is 24.3 Å². The quantitative estimate of drug-likeness (QED) is 0.471. The van der Waals surface area contributed by atoms with Crippen LogP contribution in [0.15, 0.2) is 36.4 Å². The summed E-state index contributed by atoms with van der Waals surface area (Å²) in [5.41, 5.74) is 0.336. The first-order valence-electron chi connectivity index (χ1n) is 9.28. The maximum Gasteiger partial charge on any atom is 0.325 e. The maximum absolute atomic E-state index is 13.0. The summed E-state index contributed by atoms with van der Waals surface area (Å²) in [6, 6.07) is 10.1. The molecule has 1 aliphatic rings. The molecule has 1 aliphatic heterocycles. The molecule has 30 heavy (non-hydrogen) atoms. The van der Waals surface area contributed by atoms with Crippen molar-refractivity contribution < 1.29 is 22.8 Å². The SMILES string of the molecule is Cc1ccccc1C1(C)NC(=O)N(CC(=O)c2ccc(CCNS(C)(=O)=O)s2)C1=O. The summed E-state index contributed by atoms with van der Waals surface area (Å²) < 4.78 is 24.7. The van der Waals surface area contributed by atoms with E-state index in [9.17, 15) is 22.8 Å². The number of sulfonamides is 1. The molecular formula is C20H23N3O5S2. The van der Waals surface area contributed by atoms with E-state index >= 15 is 0 Å². The van der Waals surface area contributed by atoms with E-state index in [1.807, 2.05) is 19.1 Å². The van der Waals surface area contributed by atoms with Crippen LogP contribution in [0, 0.1) is 6.92 Å². The second-order valence-corrected chi connectivity index (χ2v) is 10.4. The molecule has 1 fully saturated rings. The van der Waals surface area contributed by atoms with Gasteiger partial charge in [-0.25, -0.2) is 17.9 Å². The third-order valence-electron chi connectivity index (χ3n) is 4.93. The third-order valence-corrected chi connectivity index (χ3v) is 6.85. The number of carbonyl (C=O) groups excluding carboxylic acids is 3. The first kappa shape index (κ1) is 22.1. The lowest BCUT2D eigenvalue weighted by atomic mass is 9.88. The van der Waals surface area contributed by atoms with Gasteiger partial charge in [-0.05, 0) is 43.5 Å². The van der Waals surface area contributed by atoms with E-state index in [1.165, 1.54) is 11.3 Å². The maximum atomic E-state index is 13.0. The van der Waals surface area contributed by atoms with Crippen molar-refractivity contribution in [2.24, 2.45) is 0 Å². The number of nitrogens with one attached hydrogen (secondary N) is 2. The zero-order valence-electron chi connectivity index (χ0n) is 16.9. The number of Topliss-reactive ketones (excluding diaryl/α,β-unsaturated/α-hetero) is 1. The molecule has 10 heteroatoms. The molecule has 0 aliphatic carbocycles. The lowest BCUT2D eigenvalue weighted by Gasteiger charge is -2.24. The second kappa shape index (κ2) is 8.29. The molecule has 0 radical (unpaired) electrons. The summed E-state index contributed by atoms with van der Waals surface area (Å²) in [4.78, 5) is 40.4. The molecule has 1 aromatic carbocycles. The van der Waals surface area contributed by atoms with Crippen molar-refractivity contribution in [3.8, 4) is 0 Å². The van der Waals surface area contributed by atoms with Crippen LogP contribution in [0.2, 0.25) is 0 Å². The van der Waals surface area contributed by atoms with Gasteiger partial charge in [0, 0.05) is 11.4 Å². The fourth-order valence-corrected chi connectivity index (χ4v) is 4.81. The Bertz CT molecular complexity index is 1110. The smallest absolute Gasteiger partial charge is 0.319 e. The molecule has 8 nitrogen and oxygen atoms in total. The average Bonchev–Trinajstić information content (AvgIpc) is 3.20. The highest BCUT2D eigenvalue weighted by Crippen LogP contribution is 2.31. The second-order valence-electron chi connectivity index (χ2n) is 7.37. The summed E-state index contributed by atoms with van der Waals surface area (Å²) in [6.07, 6.45) is 1.53. The highest BCUT2D eigenvalue weighted by Gasteiger charge is 2.50. The first-order chi connectivity index (χ1) is 14.0. The number of ketones is 1. The predicted molar refractivity (Wildman–Crippen MR) is 114 cm³/mol. The van der Waals surface area contributed by atoms with E-state index in [4.69, 9.17) is 0 Å². The molecule has 0 bridgehead atoms. The number of imide groups is 1. The van der Waals surface area contributed by atoms with Gasteiger partial charge in [0.15, 0.2) is 5.78 Å². The molecule has 3 rings (SSSR count). The fraction of sp³-hybridized carbons (Fsp3) is 0.350. The van der Waals surface area contributed by atoms with Crippen LogP contribution in [-0.2, 0) is 26.8 Å². The summed E-state index contributed by atoms with van der Waals surface area (Å²) in [5.74, 6) is -0.816. The molecule has 0 spiro atoms. The van der Waals surface area contributed by atoms with E-state index in [0.29, 0.717) is 16.9 Å². The summed E-state index contributed by atoms with van der Waals surface area (Å²) >= 11 is 1.22. The lowest BCUT2D eigenvalue weighted by molar-refractivity contribution is -0.130. The van der Waals surface area contributed by atoms with Gasteiger partial charge in [0.05, 0.1) is 17.7 Å². The minimum absolute atomic E-state index is 0.231. The molecule has 2 heterocycles. The van der Waals surface area contributed by atoms with Gasteiger partial charge in [-0.2, -0.15) is 0 Å². The summed E-state index contributed by atoms with van der Waals surface area (Å²) in [6.45, 7) is 3.38. The monoisotopic (exact) mass is 449 g/mol. The number of urea groups is 1. The molecule has 1 aromatic heterocycles. The molecule has 2 aromatic rings. The van der Waals surface area contributed by atoms with Gasteiger partial charge in [0.2, 0.25) is 10.0 Å². The van der Waals surface area contributed by atoms with Crippen LogP contribution in [0.1, 0.15) is 32.6 Å². The minimum atomic E-state index is -3.27. The van der Waals surface area contributed by atoms with Crippen LogP contribution >= 0.6 is 11.3 Å². The number of hydrogen-bond acceptors (Lipinski definition) is 6. The molecule has 1 atom stereocenters. The first-order valence-corrected chi connectivity index (χ1v) is 12.0. The van der Waals surface area contributed by atoms with Crippen LogP contribution in [0.3, 0.4) is 0 Å². The lowest BCUT2D eigenvalue weighted by Crippen LogP contribution is -2.42. The van der Waals surface area contributed by atoms with Crippen molar-refractivity contribution in [2.45, 2.75) is 25.8 Å². The Balaban J connectivity index is 1.69. The zero-order chi connectivity index (χ0) is 22.1. The van der Waals surface area contributed by atoms with E-state index < -0.39 is 27.5 Å². The van der Waals surface area contributed by atoms with Gasteiger partial charge in [-0.15, -0.1) is 11.3 Å². The van der Waals surface area contributed by atoms with Gasteiger partial charge in [-0.3, -0.25) is 14.5 Å². The van der Waals surface area contributed by atoms with E-state index in [-0.39, 0.29) is 18.9 Å². The van der Waals surface area contributed by atoms with Crippen LogP contribution < -0.4 is 10.0 Å². The number of carbonyl (C=O) groups is 3. The zero-order valence-corrected chi connectivity index (χ0v) is 18.5. The van der Waals surface area contributed by atoms with Crippen molar-refractivity contribution >= 4 is 39.1 Å². The van der Waals surface area contributed by atoms with Gasteiger partial charge in [0.1, 0.15) is 5.54 Å². The number of thiophene rings is 1. The van der Waals surface area contributed by atoms with Crippen molar-refractivity contribution in [3.63, 3.8) is 0 Å². The van der Waals surface area contributed by atoms with Gasteiger partial charge < -0.3 is 5.32 Å². The largest absolute Gasteiger partial charge is 0.325 e. The third kappa shape index (κ3) is 4.61. The molecule has 3 amide bonds. The molecule has 2 N–H and O–H groups in total. The Hall–Kier alpha value is -2.56. The van der Waals surface area contributed by atoms with Gasteiger partial charge in [0.25, 0.3) is 5.91 Å². The molecular weight excluding hydrogens is 426 g/mol. The fourth-order valence-electron chi connectivity index (χ4n) is 3.40. The topological polar surface area (TPSA) is 113 Å². The van der Waals surface area contributed by atoms with Crippen molar-refractivity contribution in [1.29, 1.82) is 0 Å². The van der Waals surface area contributed by atoms with Crippen LogP contribution in [-0.4, -0.2) is 50.4 Å². The number of benzene rings is 1. The predicted octanol–water partition coefficient (Wildman–Crippen LogP) is 1.80. The Morgan fingerprint density at radius 1 is 1.20 bits per heavy atom. The summed E-state index contributed by atoms with van der Waals surface area (Å²) in [7, 11) is -3.27. The van der Waals surface area contributed by atoms with Crippen LogP contribution in [0.5, 0.6) is 0 Å². The van der Waals surface area contributed by atoms with Crippen LogP contribution in [0.25, 0.3) is 0 Å². The molecule has 1 saturated heterocycles. The number of amides is 3. The van der Waals surface area contributed by atoms with Crippen molar-refractivity contribution in [3.05, 3.63) is 57.3 Å². The van der Waals surface area contributed by atoms with Crippen molar-refractivity contribution in [2.75, 3.05) is 19.3 Å². The number of hydrogen-bond donors (Lipinski definition) is 2. The van der Waals surface area contributed by atoms with E-state index in [1.54, 1.807) is 31.2 Å².